The van der Waals surface area contributed by atoms with Crippen molar-refractivity contribution in [3.8, 4) is 0 Å². The Morgan fingerprint density at radius 1 is 1.23 bits per heavy atom. The summed E-state index contributed by atoms with van der Waals surface area (Å²) in [6, 6.07) is 2.09. The zero-order valence-corrected chi connectivity index (χ0v) is 16.7. The minimum Gasteiger partial charge on any atom is -0.425 e. The molecule has 5 nitrogen and oxygen atoms in total. The molecule has 26 heavy (non-hydrogen) atoms. The summed E-state index contributed by atoms with van der Waals surface area (Å²) in [5.74, 6) is 2.23. The lowest BCUT2D eigenvalue weighted by Crippen LogP contribution is -2.26. The van der Waals surface area contributed by atoms with Gasteiger partial charge in [-0.3, -0.25) is 4.79 Å². The third kappa shape index (κ3) is 5.40. The first kappa shape index (κ1) is 19.1. The number of aryl methyl sites for hydroxylation is 3. The molecule has 142 valence electrons. The SMILES string of the molecule is Cc1ccsc1CN(C)C(=O)CCc1nnc(CCC2CCCCC2)o1. The van der Waals surface area contributed by atoms with E-state index in [-0.39, 0.29) is 5.91 Å². The van der Waals surface area contributed by atoms with Crippen LogP contribution in [0.2, 0.25) is 0 Å². The quantitative estimate of drug-likeness (QED) is 0.679. The number of thiophene rings is 1. The molecule has 2 aromatic heterocycles. The molecule has 1 aliphatic rings. The van der Waals surface area contributed by atoms with Gasteiger partial charge in [-0.15, -0.1) is 21.5 Å². The Kier molecular flexibility index (Phi) is 6.83. The summed E-state index contributed by atoms with van der Waals surface area (Å²) in [5, 5.41) is 10.3. The fraction of sp³-hybridized carbons (Fsp3) is 0.650. The van der Waals surface area contributed by atoms with E-state index < -0.39 is 0 Å². The summed E-state index contributed by atoms with van der Waals surface area (Å²) >= 11 is 1.70. The van der Waals surface area contributed by atoms with Crippen molar-refractivity contribution in [2.75, 3.05) is 7.05 Å². The van der Waals surface area contributed by atoms with Crippen LogP contribution in [0.5, 0.6) is 0 Å². The summed E-state index contributed by atoms with van der Waals surface area (Å²) < 4.78 is 5.74. The maximum absolute atomic E-state index is 12.3. The summed E-state index contributed by atoms with van der Waals surface area (Å²) in [6.45, 7) is 2.75. The van der Waals surface area contributed by atoms with E-state index in [9.17, 15) is 4.79 Å². The van der Waals surface area contributed by atoms with Crippen LogP contribution < -0.4 is 0 Å². The zero-order chi connectivity index (χ0) is 18.4. The minimum absolute atomic E-state index is 0.111. The molecule has 2 heterocycles. The Morgan fingerprint density at radius 2 is 1.96 bits per heavy atom. The van der Waals surface area contributed by atoms with Crippen LogP contribution in [0, 0.1) is 12.8 Å². The van der Waals surface area contributed by atoms with Crippen molar-refractivity contribution in [1.82, 2.24) is 15.1 Å². The van der Waals surface area contributed by atoms with Gasteiger partial charge in [0.05, 0.1) is 6.54 Å². The molecule has 6 heteroatoms. The van der Waals surface area contributed by atoms with E-state index in [0.29, 0.717) is 25.3 Å². The van der Waals surface area contributed by atoms with Crippen LogP contribution in [-0.4, -0.2) is 28.1 Å². The molecule has 0 unspecified atom stereocenters. The molecule has 0 aliphatic heterocycles. The van der Waals surface area contributed by atoms with Gasteiger partial charge in [0.1, 0.15) is 0 Å². The maximum atomic E-state index is 12.3. The fourth-order valence-electron chi connectivity index (χ4n) is 3.57. The van der Waals surface area contributed by atoms with Crippen molar-refractivity contribution in [3.05, 3.63) is 33.7 Å². The second-order valence-electron chi connectivity index (χ2n) is 7.41. The van der Waals surface area contributed by atoms with Gasteiger partial charge in [-0.25, -0.2) is 0 Å². The number of amides is 1. The van der Waals surface area contributed by atoms with Gasteiger partial charge >= 0.3 is 0 Å². The first-order chi connectivity index (χ1) is 12.6. The molecule has 1 saturated carbocycles. The van der Waals surface area contributed by atoms with Crippen LogP contribution in [0.4, 0.5) is 0 Å². The van der Waals surface area contributed by atoms with Crippen LogP contribution in [0.3, 0.4) is 0 Å². The van der Waals surface area contributed by atoms with Gasteiger partial charge in [-0.05, 0) is 36.3 Å². The monoisotopic (exact) mass is 375 g/mol. The zero-order valence-electron chi connectivity index (χ0n) is 15.9. The molecular weight excluding hydrogens is 346 g/mol. The average Bonchev–Trinajstić information content (AvgIpc) is 3.28. The predicted molar refractivity (Wildman–Crippen MR) is 103 cm³/mol. The molecule has 0 N–H and O–H groups in total. The summed E-state index contributed by atoms with van der Waals surface area (Å²) in [6.07, 6.45) is 9.72. The van der Waals surface area contributed by atoms with Crippen LogP contribution in [-0.2, 0) is 24.2 Å². The largest absolute Gasteiger partial charge is 0.425 e. The van der Waals surface area contributed by atoms with Gasteiger partial charge in [-0.1, -0.05) is 32.1 Å². The van der Waals surface area contributed by atoms with E-state index in [1.54, 1.807) is 16.2 Å². The molecule has 0 radical (unpaired) electrons. The number of hydrogen-bond donors (Lipinski definition) is 0. The number of carbonyl (C=O) groups is 1. The highest BCUT2D eigenvalue weighted by molar-refractivity contribution is 7.10. The van der Waals surface area contributed by atoms with E-state index in [1.807, 2.05) is 7.05 Å². The van der Waals surface area contributed by atoms with Crippen LogP contribution >= 0.6 is 11.3 Å². The van der Waals surface area contributed by atoms with E-state index in [0.717, 1.165) is 24.7 Å². The molecular formula is C20H29N3O2S. The third-order valence-electron chi connectivity index (χ3n) is 5.33. The van der Waals surface area contributed by atoms with Gasteiger partial charge in [0.15, 0.2) is 0 Å². The van der Waals surface area contributed by atoms with E-state index in [2.05, 4.69) is 28.6 Å². The first-order valence-corrected chi connectivity index (χ1v) is 10.6. The molecule has 0 atom stereocenters. The molecule has 2 aromatic rings. The van der Waals surface area contributed by atoms with Crippen molar-refractivity contribution >= 4 is 17.2 Å². The number of aromatic nitrogens is 2. The van der Waals surface area contributed by atoms with Crippen molar-refractivity contribution < 1.29 is 9.21 Å². The molecule has 1 fully saturated rings. The number of rotatable bonds is 8. The highest BCUT2D eigenvalue weighted by atomic mass is 32.1. The Morgan fingerprint density at radius 3 is 2.65 bits per heavy atom. The van der Waals surface area contributed by atoms with E-state index >= 15 is 0 Å². The van der Waals surface area contributed by atoms with Crippen LogP contribution in [0.15, 0.2) is 15.9 Å². The molecule has 1 amide bonds. The lowest BCUT2D eigenvalue weighted by Gasteiger charge is -2.20. The van der Waals surface area contributed by atoms with Crippen molar-refractivity contribution in [2.45, 2.75) is 71.3 Å². The Bertz CT molecular complexity index is 703. The highest BCUT2D eigenvalue weighted by Crippen LogP contribution is 2.27. The second kappa shape index (κ2) is 9.31. The number of hydrogen-bond acceptors (Lipinski definition) is 5. The van der Waals surface area contributed by atoms with Crippen LogP contribution in [0.1, 0.15) is 67.2 Å². The molecule has 0 saturated heterocycles. The molecule has 3 rings (SSSR count). The molecule has 0 aromatic carbocycles. The van der Waals surface area contributed by atoms with Crippen molar-refractivity contribution in [2.24, 2.45) is 5.92 Å². The smallest absolute Gasteiger partial charge is 0.223 e. The van der Waals surface area contributed by atoms with Gasteiger partial charge < -0.3 is 9.32 Å². The normalized spacial score (nSPS) is 15.3. The molecule has 0 bridgehead atoms. The van der Waals surface area contributed by atoms with E-state index in [4.69, 9.17) is 4.42 Å². The standard InChI is InChI=1S/C20H29N3O2S/c1-15-12-13-26-17(15)14-23(2)20(24)11-10-19-22-21-18(25-19)9-8-16-6-4-3-5-7-16/h12-13,16H,3-11,14H2,1-2H3. The van der Waals surface area contributed by atoms with E-state index in [1.165, 1.54) is 42.5 Å². The Balaban J connectivity index is 1.40. The summed E-state index contributed by atoms with van der Waals surface area (Å²) in [5.41, 5.74) is 1.24. The van der Waals surface area contributed by atoms with Crippen molar-refractivity contribution in [3.63, 3.8) is 0 Å². The van der Waals surface area contributed by atoms with Crippen molar-refractivity contribution in [1.29, 1.82) is 0 Å². The lowest BCUT2D eigenvalue weighted by molar-refractivity contribution is -0.130. The molecule has 0 spiro atoms. The lowest BCUT2D eigenvalue weighted by atomic mass is 9.86. The Hall–Kier alpha value is -1.69. The maximum Gasteiger partial charge on any atom is 0.223 e. The topological polar surface area (TPSA) is 59.2 Å². The average molecular weight is 376 g/mol. The predicted octanol–water partition coefficient (Wildman–Crippen LogP) is 4.54. The highest BCUT2D eigenvalue weighted by Gasteiger charge is 2.16. The number of carbonyl (C=O) groups excluding carboxylic acids is 1. The minimum atomic E-state index is 0.111. The second-order valence-corrected chi connectivity index (χ2v) is 8.41. The van der Waals surface area contributed by atoms with Gasteiger partial charge in [0, 0.05) is 31.2 Å². The summed E-state index contributed by atoms with van der Waals surface area (Å²) in [7, 11) is 1.85. The van der Waals surface area contributed by atoms with Crippen LogP contribution in [0.25, 0.3) is 0 Å². The fourth-order valence-corrected chi connectivity index (χ4v) is 4.53. The summed E-state index contributed by atoms with van der Waals surface area (Å²) in [4.78, 5) is 15.4. The number of nitrogens with zero attached hydrogens (tertiary/aromatic N) is 3. The third-order valence-corrected chi connectivity index (χ3v) is 6.34. The van der Waals surface area contributed by atoms with Gasteiger partial charge in [0.25, 0.3) is 0 Å². The Labute approximate surface area is 159 Å². The van der Waals surface area contributed by atoms with Gasteiger partial charge in [0.2, 0.25) is 17.7 Å². The first-order valence-electron chi connectivity index (χ1n) is 9.70. The molecule has 1 aliphatic carbocycles. The van der Waals surface area contributed by atoms with Gasteiger partial charge in [-0.2, -0.15) is 0 Å².